The average Bonchev–Trinajstić information content (AvgIpc) is 3.30. The van der Waals surface area contributed by atoms with E-state index in [0.29, 0.717) is 23.0 Å². The Labute approximate surface area is 152 Å². The van der Waals surface area contributed by atoms with Gasteiger partial charge in [-0.05, 0) is 36.1 Å². The van der Waals surface area contributed by atoms with E-state index in [2.05, 4.69) is 16.1 Å². The summed E-state index contributed by atoms with van der Waals surface area (Å²) in [5, 5.41) is 5.56. The molecule has 3 aromatic heterocycles. The topological polar surface area (TPSA) is 67.8 Å². The molecule has 0 bridgehead atoms. The summed E-state index contributed by atoms with van der Waals surface area (Å²) in [6.45, 7) is 0. The zero-order chi connectivity index (χ0) is 17.7. The minimum Gasteiger partial charge on any atom is -0.294 e. The molecule has 1 N–H and O–H groups in total. The highest BCUT2D eigenvalue weighted by molar-refractivity contribution is 7.10. The highest BCUT2D eigenvalue weighted by atomic mass is 32.1. The smallest absolute Gasteiger partial charge is 0.280 e. The average molecular weight is 361 g/mol. The van der Waals surface area contributed by atoms with Gasteiger partial charge in [-0.3, -0.25) is 14.7 Å². The Balaban J connectivity index is 1.65. The fourth-order valence-corrected chi connectivity index (χ4v) is 4.43. The molecule has 5 nitrogen and oxygen atoms in total. The summed E-state index contributed by atoms with van der Waals surface area (Å²) in [5.74, 6) is 0.230. The van der Waals surface area contributed by atoms with Crippen LogP contribution in [0.15, 0.2) is 58.7 Å². The normalized spacial score (nSPS) is 16.8. The van der Waals surface area contributed by atoms with Gasteiger partial charge in [-0.15, -0.1) is 11.3 Å². The lowest BCUT2D eigenvalue weighted by molar-refractivity contribution is 0.0964. The first kappa shape index (κ1) is 15.3. The maximum Gasteiger partial charge on any atom is 0.280 e. The van der Waals surface area contributed by atoms with Crippen LogP contribution in [0.3, 0.4) is 0 Å². The summed E-state index contributed by atoms with van der Waals surface area (Å²) in [5.41, 5.74) is 2.44. The third-order valence-corrected chi connectivity index (χ3v) is 5.92. The van der Waals surface area contributed by atoms with Crippen LogP contribution in [-0.4, -0.2) is 20.5 Å². The molecular formula is C20H15N3O2S. The number of nitrogens with zero attached hydrogens (tertiary/aromatic N) is 2. The van der Waals surface area contributed by atoms with E-state index in [1.54, 1.807) is 17.4 Å². The lowest BCUT2D eigenvalue weighted by atomic mass is 9.85. The minimum absolute atomic E-state index is 0.0610. The number of carbonyl (C=O) groups excluding carboxylic acids is 1. The van der Waals surface area contributed by atoms with Crippen molar-refractivity contribution in [3.05, 3.63) is 80.4 Å². The predicted octanol–water partition coefficient (Wildman–Crippen LogP) is 3.69. The fraction of sp³-hybridized carbons (Fsp3) is 0.150. The number of ketones is 1. The number of thiophene rings is 1. The highest BCUT2D eigenvalue weighted by Gasteiger charge is 2.29. The number of H-pyrrole nitrogens is 1. The lowest BCUT2D eigenvalue weighted by Crippen LogP contribution is -2.20. The van der Waals surface area contributed by atoms with Crippen molar-refractivity contribution >= 4 is 28.2 Å². The van der Waals surface area contributed by atoms with Crippen molar-refractivity contribution in [3.63, 3.8) is 0 Å². The second-order valence-corrected chi connectivity index (χ2v) is 7.49. The van der Waals surface area contributed by atoms with Gasteiger partial charge in [0.2, 0.25) is 0 Å². The van der Waals surface area contributed by atoms with Crippen LogP contribution in [0.1, 0.15) is 33.3 Å². The van der Waals surface area contributed by atoms with Crippen LogP contribution < -0.4 is 5.56 Å². The number of aromatic nitrogens is 3. The van der Waals surface area contributed by atoms with E-state index >= 15 is 0 Å². The molecule has 3 heterocycles. The number of para-hydroxylation sites is 1. The summed E-state index contributed by atoms with van der Waals surface area (Å²) in [7, 11) is 0. The molecule has 1 aliphatic carbocycles. The van der Waals surface area contributed by atoms with Crippen LogP contribution in [0.5, 0.6) is 0 Å². The molecule has 1 atom stereocenters. The Morgan fingerprint density at radius 3 is 2.69 bits per heavy atom. The summed E-state index contributed by atoms with van der Waals surface area (Å²) in [4.78, 5) is 31.3. The van der Waals surface area contributed by atoms with Crippen LogP contribution in [0.4, 0.5) is 0 Å². The highest BCUT2D eigenvalue weighted by Crippen LogP contribution is 2.34. The monoisotopic (exact) mass is 361 g/mol. The van der Waals surface area contributed by atoms with Crippen molar-refractivity contribution in [3.8, 4) is 5.69 Å². The summed E-state index contributed by atoms with van der Waals surface area (Å²) < 4.78 is 1.48. The van der Waals surface area contributed by atoms with Gasteiger partial charge in [0, 0.05) is 22.8 Å². The van der Waals surface area contributed by atoms with Gasteiger partial charge in [-0.1, -0.05) is 24.3 Å². The molecule has 0 spiro atoms. The maximum absolute atomic E-state index is 12.8. The van der Waals surface area contributed by atoms with Gasteiger partial charge >= 0.3 is 0 Å². The first-order valence-electron chi connectivity index (χ1n) is 8.47. The van der Waals surface area contributed by atoms with Crippen LogP contribution >= 0.6 is 11.3 Å². The number of nitrogens with one attached hydrogen (secondary N) is 1. The SMILES string of the molecule is O=C1CC(c2cccs2)Cc2nc3[nH]n(-c4ccccc4)c(=O)c3cc21. The van der Waals surface area contributed by atoms with Crippen LogP contribution in [0, 0.1) is 0 Å². The van der Waals surface area contributed by atoms with Crippen molar-refractivity contribution in [1.82, 2.24) is 14.8 Å². The van der Waals surface area contributed by atoms with E-state index in [0.717, 1.165) is 17.8 Å². The first-order chi connectivity index (χ1) is 12.7. The molecular weight excluding hydrogens is 346 g/mol. The third-order valence-electron chi connectivity index (χ3n) is 4.88. The van der Waals surface area contributed by atoms with Gasteiger partial charge in [0.15, 0.2) is 11.4 Å². The molecule has 1 unspecified atom stereocenters. The van der Waals surface area contributed by atoms with Gasteiger partial charge < -0.3 is 0 Å². The lowest BCUT2D eigenvalue weighted by Gasteiger charge is -2.21. The molecule has 0 saturated carbocycles. The van der Waals surface area contributed by atoms with Crippen LogP contribution in [0.25, 0.3) is 16.7 Å². The molecule has 0 saturated heterocycles. The second kappa shape index (κ2) is 5.78. The van der Waals surface area contributed by atoms with Crippen molar-refractivity contribution in [2.24, 2.45) is 0 Å². The van der Waals surface area contributed by atoms with Crippen molar-refractivity contribution in [2.75, 3.05) is 0 Å². The van der Waals surface area contributed by atoms with E-state index < -0.39 is 0 Å². The number of Topliss-reactive ketones (excluding diaryl/α,β-unsaturated/α-hetero) is 1. The van der Waals surface area contributed by atoms with Crippen molar-refractivity contribution < 1.29 is 4.79 Å². The maximum atomic E-state index is 12.8. The number of carbonyl (C=O) groups is 1. The fourth-order valence-electron chi connectivity index (χ4n) is 3.60. The number of aromatic amines is 1. The summed E-state index contributed by atoms with van der Waals surface area (Å²) in [6, 6.07) is 15.2. The number of rotatable bonds is 2. The molecule has 0 amide bonds. The Morgan fingerprint density at radius 2 is 1.92 bits per heavy atom. The number of hydrogen-bond acceptors (Lipinski definition) is 4. The quantitative estimate of drug-likeness (QED) is 0.592. The Kier molecular flexibility index (Phi) is 3.39. The largest absolute Gasteiger partial charge is 0.294 e. The van der Waals surface area contributed by atoms with E-state index in [-0.39, 0.29) is 17.3 Å². The standard InChI is InChI=1S/C20H15N3O2S/c24-17-10-12(18-7-4-8-26-18)9-16-14(17)11-15-19(21-16)22-23(20(15)25)13-5-2-1-3-6-13/h1-8,11-12H,9-10H2,(H,21,22). The third kappa shape index (κ3) is 2.34. The molecule has 6 heteroatoms. The molecule has 0 radical (unpaired) electrons. The molecule has 1 aliphatic rings. The van der Waals surface area contributed by atoms with Gasteiger partial charge in [0.05, 0.1) is 16.8 Å². The van der Waals surface area contributed by atoms with Gasteiger partial charge in [-0.25, -0.2) is 9.67 Å². The molecule has 26 heavy (non-hydrogen) atoms. The van der Waals surface area contributed by atoms with Crippen LogP contribution in [0.2, 0.25) is 0 Å². The zero-order valence-corrected chi connectivity index (χ0v) is 14.6. The van der Waals surface area contributed by atoms with Gasteiger partial charge in [0.1, 0.15) is 0 Å². The Hall–Kier alpha value is -2.99. The van der Waals surface area contributed by atoms with Crippen LogP contribution in [-0.2, 0) is 6.42 Å². The van der Waals surface area contributed by atoms with E-state index in [4.69, 9.17) is 0 Å². The predicted molar refractivity (Wildman–Crippen MR) is 101 cm³/mol. The summed E-state index contributed by atoms with van der Waals surface area (Å²) in [6.07, 6.45) is 1.19. The number of pyridine rings is 1. The van der Waals surface area contributed by atoms with E-state index in [1.165, 1.54) is 9.56 Å². The molecule has 0 fully saturated rings. The second-order valence-electron chi connectivity index (χ2n) is 6.51. The van der Waals surface area contributed by atoms with Crippen molar-refractivity contribution in [2.45, 2.75) is 18.8 Å². The molecule has 128 valence electrons. The van der Waals surface area contributed by atoms with Crippen molar-refractivity contribution in [1.29, 1.82) is 0 Å². The molecule has 4 aromatic rings. The Morgan fingerprint density at radius 1 is 1.08 bits per heavy atom. The number of fused-ring (bicyclic) bond motifs is 2. The van der Waals surface area contributed by atoms with E-state index in [1.807, 2.05) is 41.8 Å². The number of hydrogen-bond donors (Lipinski definition) is 1. The number of benzene rings is 1. The van der Waals surface area contributed by atoms with E-state index in [9.17, 15) is 9.59 Å². The molecule has 1 aromatic carbocycles. The molecule has 0 aliphatic heterocycles. The zero-order valence-electron chi connectivity index (χ0n) is 13.8. The minimum atomic E-state index is -0.185. The first-order valence-corrected chi connectivity index (χ1v) is 9.35. The summed E-state index contributed by atoms with van der Waals surface area (Å²) >= 11 is 1.67. The Bertz CT molecular complexity index is 1170. The molecule has 5 rings (SSSR count). The van der Waals surface area contributed by atoms with Gasteiger partial charge in [-0.2, -0.15) is 0 Å². The van der Waals surface area contributed by atoms with Gasteiger partial charge in [0.25, 0.3) is 5.56 Å².